The molecule has 0 amide bonds. The minimum Gasteiger partial charge on any atom is -0.0533 e. The Hall–Kier alpha value is 0.350. The molecule has 0 spiro atoms. The topological polar surface area (TPSA) is 0 Å². The number of hydrogen-bond donors (Lipinski definition) is 0. The van der Waals surface area contributed by atoms with Gasteiger partial charge in [0.25, 0.3) is 0 Å². The number of rotatable bonds is 4. The third-order valence-electron chi connectivity index (χ3n) is 8.29. The Morgan fingerprint density at radius 1 is 0.320 bits per heavy atom. The van der Waals surface area contributed by atoms with Gasteiger partial charge in [0.15, 0.2) is 0 Å². The molecule has 0 saturated heterocycles. The van der Waals surface area contributed by atoms with Crippen molar-refractivity contribution in [2.75, 3.05) is 0 Å². The van der Waals surface area contributed by atoms with Crippen LogP contribution in [0.1, 0.15) is 122 Å². The van der Waals surface area contributed by atoms with Gasteiger partial charge >= 0.3 is 0 Å². The summed E-state index contributed by atoms with van der Waals surface area (Å²) in [5.41, 5.74) is 0. The summed E-state index contributed by atoms with van der Waals surface area (Å²) in [4.78, 5) is 0. The Labute approximate surface area is 160 Å². The third kappa shape index (κ3) is 4.80. The van der Waals surface area contributed by atoms with Crippen LogP contribution in [0.25, 0.3) is 0 Å². The average molecular weight is 364 g/mol. The Balaban J connectivity index is 1.37. The lowest BCUT2D eigenvalue weighted by Gasteiger charge is -2.39. The van der Waals surface area contributed by atoms with Gasteiger partial charge in [-0.3, -0.25) is 0 Å². The lowest BCUT2D eigenvalue weighted by Crippen LogP contribution is -2.44. The molecule has 4 saturated carbocycles. The van der Waals surface area contributed by atoms with Crippen molar-refractivity contribution in [1.29, 1.82) is 0 Å². The summed E-state index contributed by atoms with van der Waals surface area (Å²) in [5, 5.41) is 3.44. The maximum Gasteiger partial charge on any atom is 0.118 e. The van der Waals surface area contributed by atoms with Crippen molar-refractivity contribution in [3.63, 3.8) is 0 Å². The van der Waals surface area contributed by atoms with Gasteiger partial charge in [-0.25, -0.2) is 0 Å². The van der Waals surface area contributed by atoms with Crippen LogP contribution < -0.4 is 0 Å². The first-order valence-corrected chi connectivity index (χ1v) is 13.5. The minimum atomic E-state index is 0.796. The quantitative estimate of drug-likeness (QED) is 0.456. The molecule has 25 heavy (non-hydrogen) atoms. The zero-order valence-corrected chi connectivity index (χ0v) is 17.5. The van der Waals surface area contributed by atoms with E-state index >= 15 is 0 Å². The maximum absolute atomic E-state index is 1.62. The van der Waals surface area contributed by atoms with Crippen LogP contribution in [0.3, 0.4) is 0 Å². The molecule has 144 valence electrons. The molecule has 1 heteroatoms. The lowest BCUT2D eigenvalue weighted by molar-refractivity contribution is 0.197. The Kier molecular flexibility index (Phi) is 7.12. The summed E-state index contributed by atoms with van der Waals surface area (Å²) in [7, 11) is 0.796. The molecule has 4 rings (SSSR count). The summed E-state index contributed by atoms with van der Waals surface area (Å²) in [5.74, 6) is 2.25. The van der Waals surface area contributed by atoms with Crippen molar-refractivity contribution in [1.82, 2.24) is 0 Å². The summed E-state index contributed by atoms with van der Waals surface area (Å²) in [6.45, 7) is 0. The fourth-order valence-electron chi connectivity index (χ4n) is 6.93. The second-order valence-electron chi connectivity index (χ2n) is 9.86. The van der Waals surface area contributed by atoms with Crippen molar-refractivity contribution in [2.45, 2.75) is 138 Å². The Morgan fingerprint density at radius 3 is 1.16 bits per heavy atom. The monoisotopic (exact) mass is 363 g/mol. The van der Waals surface area contributed by atoms with Crippen LogP contribution in [-0.4, -0.2) is 15.7 Å². The van der Waals surface area contributed by atoms with E-state index in [2.05, 4.69) is 0 Å². The minimum absolute atomic E-state index is 0.796. The molecule has 0 aromatic carbocycles. The first kappa shape index (κ1) is 18.7. The van der Waals surface area contributed by atoms with E-state index in [0.29, 0.717) is 0 Å². The van der Waals surface area contributed by atoms with E-state index in [-0.39, 0.29) is 0 Å². The van der Waals surface area contributed by atoms with Crippen LogP contribution in [0.4, 0.5) is 0 Å². The van der Waals surface area contributed by atoms with E-state index in [4.69, 9.17) is 0 Å². The van der Waals surface area contributed by atoms with Crippen LogP contribution in [0.15, 0.2) is 0 Å². The van der Waals surface area contributed by atoms with Crippen molar-refractivity contribution < 1.29 is 0 Å². The molecular formula is C24H43S+. The van der Waals surface area contributed by atoms with E-state index in [1.165, 1.54) is 19.3 Å². The van der Waals surface area contributed by atoms with E-state index in [1.54, 1.807) is 103 Å². The normalized spacial score (nSPS) is 34.4. The van der Waals surface area contributed by atoms with Crippen LogP contribution in [0.5, 0.6) is 0 Å². The summed E-state index contributed by atoms with van der Waals surface area (Å²) in [6, 6.07) is 0. The molecule has 0 bridgehead atoms. The molecule has 4 aliphatic carbocycles. The lowest BCUT2D eigenvalue weighted by atomic mass is 9.73. The van der Waals surface area contributed by atoms with Crippen molar-refractivity contribution in [2.24, 2.45) is 11.8 Å². The van der Waals surface area contributed by atoms with E-state index in [1.807, 2.05) is 0 Å². The molecule has 4 fully saturated rings. The number of hydrogen-bond acceptors (Lipinski definition) is 0. The van der Waals surface area contributed by atoms with Gasteiger partial charge in [-0.15, -0.1) is 0 Å². The van der Waals surface area contributed by atoms with Gasteiger partial charge in [-0.05, 0) is 99.8 Å². The van der Waals surface area contributed by atoms with Crippen molar-refractivity contribution in [3.05, 3.63) is 0 Å². The molecule has 0 radical (unpaired) electrons. The highest BCUT2D eigenvalue weighted by Crippen LogP contribution is 2.44. The Bertz CT molecular complexity index is 348. The zero-order valence-electron chi connectivity index (χ0n) is 16.7. The van der Waals surface area contributed by atoms with Crippen LogP contribution >= 0.6 is 0 Å². The van der Waals surface area contributed by atoms with Crippen LogP contribution in [0.2, 0.25) is 0 Å². The maximum atomic E-state index is 1.62. The predicted molar refractivity (Wildman–Crippen MR) is 113 cm³/mol. The molecule has 0 aromatic rings. The molecular weight excluding hydrogens is 320 g/mol. The molecule has 0 aromatic heterocycles. The second kappa shape index (κ2) is 9.52. The van der Waals surface area contributed by atoms with Crippen molar-refractivity contribution in [3.8, 4) is 0 Å². The standard InChI is InChI=1S/C24H43S/c1-4-10-20(11-5-1)21-16-18-24(19-17-21)25(22-12-6-2-7-13-22)23-14-8-3-9-15-23/h20-24H,1-19H2/q+1. The predicted octanol–water partition coefficient (Wildman–Crippen LogP) is 7.41. The molecule has 0 aliphatic heterocycles. The van der Waals surface area contributed by atoms with Gasteiger partial charge in [-0.2, -0.15) is 0 Å². The summed E-state index contributed by atoms with van der Waals surface area (Å²) >= 11 is 0. The van der Waals surface area contributed by atoms with Gasteiger partial charge in [0.05, 0.1) is 0 Å². The van der Waals surface area contributed by atoms with Gasteiger partial charge < -0.3 is 0 Å². The summed E-state index contributed by atoms with van der Waals surface area (Å²) < 4.78 is 0. The molecule has 0 atom stereocenters. The molecule has 0 unspecified atom stereocenters. The highest BCUT2D eigenvalue weighted by Gasteiger charge is 2.46. The van der Waals surface area contributed by atoms with Crippen LogP contribution in [0, 0.1) is 11.8 Å². The third-order valence-corrected chi connectivity index (χ3v) is 12.0. The molecule has 0 nitrogen and oxygen atoms in total. The van der Waals surface area contributed by atoms with Gasteiger partial charge in [0.2, 0.25) is 0 Å². The Morgan fingerprint density at radius 2 is 0.680 bits per heavy atom. The fraction of sp³-hybridized carbons (Fsp3) is 1.00. The second-order valence-corrected chi connectivity index (χ2v) is 12.7. The average Bonchev–Trinajstić information content (AvgIpc) is 2.71. The highest BCUT2D eigenvalue weighted by molar-refractivity contribution is 7.98. The SMILES string of the molecule is C1CCC(C2CCC([S+](C3CCCCC3)C3CCCCC3)CC2)CC1. The van der Waals surface area contributed by atoms with Crippen molar-refractivity contribution >= 4 is 10.9 Å². The van der Waals surface area contributed by atoms with Gasteiger partial charge in [0.1, 0.15) is 15.7 Å². The smallest absolute Gasteiger partial charge is 0.0533 e. The largest absolute Gasteiger partial charge is 0.118 e. The fourth-order valence-corrected chi connectivity index (χ4v) is 11.1. The van der Waals surface area contributed by atoms with Crippen LogP contribution in [-0.2, 0) is 10.9 Å². The molecule has 0 N–H and O–H groups in total. The zero-order chi connectivity index (χ0) is 16.9. The van der Waals surface area contributed by atoms with Gasteiger partial charge in [-0.1, -0.05) is 44.9 Å². The van der Waals surface area contributed by atoms with E-state index < -0.39 is 0 Å². The molecule has 4 aliphatic rings. The van der Waals surface area contributed by atoms with E-state index in [0.717, 1.165) is 38.5 Å². The first-order chi connectivity index (χ1) is 12.4. The van der Waals surface area contributed by atoms with Gasteiger partial charge in [0, 0.05) is 0 Å². The summed E-state index contributed by atoms with van der Waals surface area (Å²) in [6.07, 6.45) is 29.9. The first-order valence-electron chi connectivity index (χ1n) is 12.1. The molecule has 0 heterocycles. The van der Waals surface area contributed by atoms with E-state index in [9.17, 15) is 0 Å². The highest BCUT2D eigenvalue weighted by atomic mass is 32.2.